The molecule has 0 radical (unpaired) electrons. The van der Waals surface area contributed by atoms with Crippen LogP contribution in [0.3, 0.4) is 0 Å². The SMILES string of the molecule is NCCCCCCNCCCCCCNC(=O)c1cc2ccccc2cc1O. The Bertz CT molecular complexity index is 718. The topological polar surface area (TPSA) is 87.4 Å². The number of aromatic hydroxyl groups is 1. The summed E-state index contributed by atoms with van der Waals surface area (Å²) in [6.45, 7) is 3.60. The van der Waals surface area contributed by atoms with Crippen LogP contribution >= 0.6 is 0 Å². The molecule has 1 amide bonds. The summed E-state index contributed by atoms with van der Waals surface area (Å²) < 4.78 is 0. The fraction of sp³-hybridized carbons (Fsp3) is 0.522. The molecule has 0 heterocycles. The van der Waals surface area contributed by atoms with Crippen molar-refractivity contribution in [3.63, 3.8) is 0 Å². The van der Waals surface area contributed by atoms with Crippen LogP contribution in [0.2, 0.25) is 0 Å². The van der Waals surface area contributed by atoms with Gasteiger partial charge in [0.05, 0.1) is 5.56 Å². The number of fused-ring (bicyclic) bond motifs is 1. The minimum atomic E-state index is -0.209. The van der Waals surface area contributed by atoms with Gasteiger partial charge in [-0.25, -0.2) is 0 Å². The molecule has 0 fully saturated rings. The van der Waals surface area contributed by atoms with E-state index in [9.17, 15) is 9.90 Å². The number of benzene rings is 2. The third kappa shape index (κ3) is 7.87. The van der Waals surface area contributed by atoms with Gasteiger partial charge in [-0.05, 0) is 68.2 Å². The largest absolute Gasteiger partial charge is 0.507 e. The van der Waals surface area contributed by atoms with Gasteiger partial charge < -0.3 is 21.5 Å². The minimum absolute atomic E-state index is 0.0327. The molecule has 0 aliphatic heterocycles. The van der Waals surface area contributed by atoms with Crippen molar-refractivity contribution in [3.05, 3.63) is 42.0 Å². The van der Waals surface area contributed by atoms with Gasteiger partial charge in [-0.3, -0.25) is 4.79 Å². The molecule has 0 aromatic heterocycles. The zero-order valence-electron chi connectivity index (χ0n) is 16.9. The molecule has 5 N–H and O–H groups in total. The van der Waals surface area contributed by atoms with Crippen molar-refractivity contribution in [1.29, 1.82) is 0 Å². The van der Waals surface area contributed by atoms with Crippen LogP contribution in [0.25, 0.3) is 10.8 Å². The molecule has 154 valence electrons. The lowest BCUT2D eigenvalue weighted by molar-refractivity contribution is 0.0950. The predicted octanol–water partition coefficient (Wildman–Crippen LogP) is 3.94. The molecular weight excluding hydrogens is 350 g/mol. The Labute approximate surface area is 168 Å². The normalized spacial score (nSPS) is 11.0. The second-order valence-electron chi connectivity index (χ2n) is 7.34. The standard InChI is InChI=1S/C23H35N3O2/c24-13-7-1-2-8-14-25-15-9-3-4-10-16-26-23(28)21-17-19-11-5-6-12-20(19)18-22(21)27/h5-6,11-12,17-18,25,27H,1-4,7-10,13-16,24H2,(H,26,28). The lowest BCUT2D eigenvalue weighted by atomic mass is 10.1. The summed E-state index contributed by atoms with van der Waals surface area (Å²) in [5, 5.41) is 18.4. The first kappa shape index (κ1) is 22.2. The summed E-state index contributed by atoms with van der Waals surface area (Å²) in [5.41, 5.74) is 5.82. The maximum atomic E-state index is 12.3. The van der Waals surface area contributed by atoms with Crippen molar-refractivity contribution in [2.24, 2.45) is 5.73 Å². The lowest BCUT2D eigenvalue weighted by Gasteiger charge is -2.09. The van der Waals surface area contributed by atoms with Crippen molar-refractivity contribution in [3.8, 4) is 5.75 Å². The Morgan fingerprint density at radius 2 is 1.39 bits per heavy atom. The molecule has 28 heavy (non-hydrogen) atoms. The Kier molecular flexibility index (Phi) is 10.4. The van der Waals surface area contributed by atoms with Gasteiger partial charge in [-0.15, -0.1) is 0 Å². The number of amides is 1. The number of hydrogen-bond acceptors (Lipinski definition) is 4. The van der Waals surface area contributed by atoms with Crippen molar-refractivity contribution in [2.75, 3.05) is 26.2 Å². The Morgan fingerprint density at radius 1 is 0.821 bits per heavy atom. The minimum Gasteiger partial charge on any atom is -0.507 e. The second-order valence-corrected chi connectivity index (χ2v) is 7.34. The quantitative estimate of drug-likeness (QED) is 0.371. The molecule has 5 nitrogen and oxygen atoms in total. The number of nitrogens with one attached hydrogen (secondary N) is 2. The summed E-state index contributed by atoms with van der Waals surface area (Å²) in [4.78, 5) is 12.3. The van der Waals surface area contributed by atoms with Crippen LogP contribution in [-0.2, 0) is 0 Å². The number of nitrogens with two attached hydrogens (primary N) is 1. The van der Waals surface area contributed by atoms with Crippen LogP contribution in [0, 0.1) is 0 Å². The smallest absolute Gasteiger partial charge is 0.255 e. The molecule has 2 aromatic rings. The molecule has 2 rings (SSSR count). The third-order valence-electron chi connectivity index (χ3n) is 4.98. The van der Waals surface area contributed by atoms with E-state index in [1.54, 1.807) is 12.1 Å². The summed E-state index contributed by atoms with van der Waals surface area (Å²) in [5.74, 6) is -0.176. The second kappa shape index (κ2) is 13.1. The van der Waals surface area contributed by atoms with E-state index in [0.29, 0.717) is 12.1 Å². The fourth-order valence-electron chi connectivity index (χ4n) is 3.31. The molecule has 2 aromatic carbocycles. The van der Waals surface area contributed by atoms with Crippen LogP contribution in [0.4, 0.5) is 0 Å². The van der Waals surface area contributed by atoms with Gasteiger partial charge in [0.2, 0.25) is 0 Å². The number of phenols is 1. The molecule has 5 heteroatoms. The van der Waals surface area contributed by atoms with Crippen LogP contribution in [0.1, 0.15) is 61.7 Å². The first-order valence-corrected chi connectivity index (χ1v) is 10.6. The van der Waals surface area contributed by atoms with Crippen LogP contribution in [0.15, 0.2) is 36.4 Å². The van der Waals surface area contributed by atoms with Gasteiger partial charge in [0.25, 0.3) is 5.91 Å². The number of hydrogen-bond donors (Lipinski definition) is 4. The van der Waals surface area contributed by atoms with E-state index >= 15 is 0 Å². The first-order chi connectivity index (χ1) is 13.7. The molecule has 0 aliphatic rings. The van der Waals surface area contributed by atoms with E-state index in [-0.39, 0.29) is 11.7 Å². The zero-order chi connectivity index (χ0) is 20.0. The maximum absolute atomic E-state index is 12.3. The highest BCUT2D eigenvalue weighted by atomic mass is 16.3. The fourth-order valence-corrected chi connectivity index (χ4v) is 3.31. The zero-order valence-corrected chi connectivity index (χ0v) is 16.9. The molecule has 0 saturated carbocycles. The summed E-state index contributed by atoms with van der Waals surface area (Å²) in [6, 6.07) is 11.1. The predicted molar refractivity (Wildman–Crippen MR) is 117 cm³/mol. The molecular formula is C23H35N3O2. The van der Waals surface area contributed by atoms with Crippen molar-refractivity contribution < 1.29 is 9.90 Å². The number of carbonyl (C=O) groups excluding carboxylic acids is 1. The highest BCUT2D eigenvalue weighted by Gasteiger charge is 2.11. The van der Waals surface area contributed by atoms with Gasteiger partial charge in [0, 0.05) is 6.54 Å². The van der Waals surface area contributed by atoms with E-state index < -0.39 is 0 Å². The van der Waals surface area contributed by atoms with Crippen molar-refractivity contribution in [1.82, 2.24) is 10.6 Å². The number of rotatable bonds is 14. The van der Waals surface area contributed by atoms with E-state index in [0.717, 1.165) is 56.1 Å². The van der Waals surface area contributed by atoms with Crippen LogP contribution in [-0.4, -0.2) is 37.2 Å². The Morgan fingerprint density at radius 3 is 2.04 bits per heavy atom. The highest BCUT2D eigenvalue weighted by Crippen LogP contribution is 2.24. The molecule has 0 unspecified atom stereocenters. The average Bonchev–Trinajstić information content (AvgIpc) is 2.70. The van der Waals surface area contributed by atoms with Crippen molar-refractivity contribution in [2.45, 2.75) is 51.4 Å². The van der Waals surface area contributed by atoms with E-state index in [2.05, 4.69) is 10.6 Å². The molecule has 0 aliphatic carbocycles. The highest BCUT2D eigenvalue weighted by molar-refractivity contribution is 6.01. The van der Waals surface area contributed by atoms with Gasteiger partial charge >= 0.3 is 0 Å². The number of unbranched alkanes of at least 4 members (excludes halogenated alkanes) is 6. The number of carbonyl (C=O) groups is 1. The molecule has 0 saturated heterocycles. The summed E-state index contributed by atoms with van der Waals surface area (Å²) >= 11 is 0. The first-order valence-electron chi connectivity index (χ1n) is 10.6. The van der Waals surface area contributed by atoms with E-state index in [1.807, 2.05) is 24.3 Å². The van der Waals surface area contributed by atoms with E-state index in [1.165, 1.54) is 25.7 Å². The number of phenolic OH excluding ortho intramolecular Hbond substituents is 1. The van der Waals surface area contributed by atoms with Crippen LogP contribution in [0.5, 0.6) is 5.75 Å². The van der Waals surface area contributed by atoms with Crippen LogP contribution < -0.4 is 16.4 Å². The van der Waals surface area contributed by atoms with Gasteiger partial charge in [-0.1, -0.05) is 49.9 Å². The van der Waals surface area contributed by atoms with Gasteiger partial charge in [0.1, 0.15) is 5.75 Å². The third-order valence-corrected chi connectivity index (χ3v) is 4.98. The van der Waals surface area contributed by atoms with Gasteiger partial charge in [0.15, 0.2) is 0 Å². The van der Waals surface area contributed by atoms with Crippen molar-refractivity contribution >= 4 is 16.7 Å². The summed E-state index contributed by atoms with van der Waals surface area (Å²) in [7, 11) is 0. The monoisotopic (exact) mass is 385 g/mol. The molecule has 0 spiro atoms. The Hall–Kier alpha value is -2.11. The summed E-state index contributed by atoms with van der Waals surface area (Å²) in [6.07, 6.45) is 9.25. The van der Waals surface area contributed by atoms with Gasteiger partial charge in [-0.2, -0.15) is 0 Å². The molecule has 0 atom stereocenters. The Balaban J connectivity index is 1.53. The van der Waals surface area contributed by atoms with E-state index in [4.69, 9.17) is 5.73 Å². The average molecular weight is 386 g/mol. The maximum Gasteiger partial charge on any atom is 0.255 e. The molecule has 0 bridgehead atoms. The lowest BCUT2D eigenvalue weighted by Crippen LogP contribution is -2.24.